The molecule has 0 N–H and O–H groups in total. The van der Waals surface area contributed by atoms with E-state index in [1.807, 2.05) is 54.6 Å². The van der Waals surface area contributed by atoms with Gasteiger partial charge in [-0.05, 0) is 61.3 Å². The highest BCUT2D eigenvalue weighted by atomic mass is 16.5. The molecule has 2 atom stereocenters. The molecule has 0 aromatic heterocycles. The van der Waals surface area contributed by atoms with Crippen molar-refractivity contribution in [2.45, 2.75) is 83.4 Å². The number of rotatable bonds is 12. The number of benzene rings is 2. The zero-order valence-electron chi connectivity index (χ0n) is 23.2. The summed E-state index contributed by atoms with van der Waals surface area (Å²) < 4.78 is 10.7. The highest BCUT2D eigenvalue weighted by Crippen LogP contribution is 2.35. The van der Waals surface area contributed by atoms with Crippen molar-refractivity contribution in [1.29, 1.82) is 0 Å². The minimum Gasteiger partial charge on any atom is -0.489 e. The third kappa shape index (κ3) is 8.57. The Balaban J connectivity index is 1.28. The van der Waals surface area contributed by atoms with E-state index in [0.717, 1.165) is 36.3 Å². The summed E-state index contributed by atoms with van der Waals surface area (Å²) in [7, 11) is 1.35. The number of hydrogen-bond donors (Lipinski definition) is 0. The molecule has 39 heavy (non-hydrogen) atoms. The molecule has 7 nitrogen and oxygen atoms in total. The fourth-order valence-corrected chi connectivity index (χ4v) is 5.90. The number of piperidine rings is 1. The monoisotopic (exact) mass is 534 g/mol. The van der Waals surface area contributed by atoms with E-state index in [1.165, 1.54) is 32.8 Å². The van der Waals surface area contributed by atoms with Crippen molar-refractivity contribution in [2.75, 3.05) is 20.2 Å². The van der Waals surface area contributed by atoms with Crippen LogP contribution in [0.2, 0.25) is 0 Å². The third-order valence-corrected chi connectivity index (χ3v) is 8.06. The van der Waals surface area contributed by atoms with Gasteiger partial charge in [-0.3, -0.25) is 14.4 Å². The summed E-state index contributed by atoms with van der Waals surface area (Å²) in [6.07, 6.45) is 8.50. The van der Waals surface area contributed by atoms with Gasteiger partial charge >= 0.3 is 5.97 Å². The predicted molar refractivity (Wildman–Crippen MR) is 150 cm³/mol. The van der Waals surface area contributed by atoms with Crippen LogP contribution in [0.4, 0.5) is 0 Å². The fourth-order valence-electron chi connectivity index (χ4n) is 5.90. The molecule has 7 heteroatoms. The molecular formula is C32H42N2O5. The molecule has 1 heterocycles. The minimum absolute atomic E-state index is 0.0507. The van der Waals surface area contributed by atoms with Crippen LogP contribution in [0.25, 0.3) is 0 Å². The smallest absolute Gasteiger partial charge is 0.307 e. The Morgan fingerprint density at radius 2 is 1.62 bits per heavy atom. The van der Waals surface area contributed by atoms with E-state index in [0.29, 0.717) is 38.0 Å². The topological polar surface area (TPSA) is 76.1 Å². The number of nitrogens with zero attached hydrogens (tertiary/aromatic N) is 2. The summed E-state index contributed by atoms with van der Waals surface area (Å²) >= 11 is 0. The molecule has 1 saturated carbocycles. The maximum atomic E-state index is 13.2. The number of esters is 1. The van der Waals surface area contributed by atoms with E-state index in [9.17, 15) is 14.4 Å². The van der Waals surface area contributed by atoms with Crippen molar-refractivity contribution in [3.8, 4) is 5.75 Å². The molecule has 4 rings (SSSR count). The number of fused-ring (bicyclic) bond motifs is 1. The van der Waals surface area contributed by atoms with E-state index in [-0.39, 0.29) is 37.2 Å². The normalized spacial score (nSPS) is 18.6. The molecular weight excluding hydrogens is 492 g/mol. The molecule has 2 aliphatic rings. The van der Waals surface area contributed by atoms with Crippen LogP contribution in [0.1, 0.15) is 75.3 Å². The summed E-state index contributed by atoms with van der Waals surface area (Å²) in [5.74, 6) is 1.20. The maximum absolute atomic E-state index is 13.2. The second kappa shape index (κ2) is 14.7. The highest BCUT2D eigenvalue weighted by molar-refractivity contribution is 5.80. The first-order chi connectivity index (χ1) is 19.0. The minimum atomic E-state index is -0.347. The van der Waals surface area contributed by atoms with Crippen LogP contribution >= 0.6 is 0 Å². The molecule has 0 bridgehead atoms. The van der Waals surface area contributed by atoms with E-state index in [1.54, 1.807) is 4.90 Å². The molecule has 1 aliphatic carbocycles. The van der Waals surface area contributed by atoms with Crippen LogP contribution in [0.5, 0.6) is 5.75 Å². The molecule has 2 unspecified atom stereocenters. The van der Waals surface area contributed by atoms with Crippen LogP contribution < -0.4 is 4.74 Å². The standard InChI is InChI=1S/C32H42N2O5/c1-38-32(37)20-22-33(23-25-16-18-28(19-17-25)39-24-26-9-3-2-4-10-26)30(35)14-7-15-31(36)34-21-8-12-27-11-5-6-13-29(27)34/h2-4,9-10,16-19,27,29H,5-8,11-15,20-24H2,1H3. The van der Waals surface area contributed by atoms with Gasteiger partial charge in [-0.2, -0.15) is 0 Å². The second-order valence-electron chi connectivity index (χ2n) is 10.8. The molecule has 1 saturated heterocycles. The van der Waals surface area contributed by atoms with Gasteiger partial charge in [0.2, 0.25) is 11.8 Å². The van der Waals surface area contributed by atoms with E-state index < -0.39 is 0 Å². The third-order valence-electron chi connectivity index (χ3n) is 8.06. The first kappa shape index (κ1) is 28.7. The summed E-state index contributed by atoms with van der Waals surface area (Å²) in [4.78, 5) is 41.8. The Morgan fingerprint density at radius 1 is 0.872 bits per heavy atom. The van der Waals surface area contributed by atoms with E-state index >= 15 is 0 Å². The average Bonchev–Trinajstić information content (AvgIpc) is 2.98. The van der Waals surface area contributed by atoms with Gasteiger partial charge in [0, 0.05) is 38.5 Å². The molecule has 1 aliphatic heterocycles. The summed E-state index contributed by atoms with van der Waals surface area (Å²) in [6, 6.07) is 18.1. The van der Waals surface area contributed by atoms with Gasteiger partial charge in [0.1, 0.15) is 12.4 Å². The van der Waals surface area contributed by atoms with Gasteiger partial charge in [-0.15, -0.1) is 0 Å². The SMILES string of the molecule is COC(=O)CCN(Cc1ccc(OCc2ccccc2)cc1)C(=O)CCCC(=O)N1CCCC2CCCCC21. The quantitative estimate of drug-likeness (QED) is 0.336. The molecule has 210 valence electrons. The lowest BCUT2D eigenvalue weighted by Gasteiger charge is -2.44. The summed E-state index contributed by atoms with van der Waals surface area (Å²) in [5, 5.41) is 0. The number of likely N-dealkylation sites (tertiary alicyclic amines) is 1. The zero-order valence-corrected chi connectivity index (χ0v) is 23.2. The fraction of sp³-hybridized carbons (Fsp3) is 0.531. The molecule has 0 radical (unpaired) electrons. The van der Waals surface area contributed by atoms with Crippen LogP contribution in [0, 0.1) is 5.92 Å². The average molecular weight is 535 g/mol. The number of amides is 2. The number of hydrogen-bond acceptors (Lipinski definition) is 5. The van der Waals surface area contributed by atoms with Crippen LogP contribution in [-0.4, -0.2) is 53.8 Å². The first-order valence-corrected chi connectivity index (χ1v) is 14.4. The first-order valence-electron chi connectivity index (χ1n) is 14.4. The van der Waals surface area contributed by atoms with Crippen molar-refractivity contribution >= 4 is 17.8 Å². The zero-order chi connectivity index (χ0) is 27.5. The molecule has 2 aromatic rings. The largest absolute Gasteiger partial charge is 0.489 e. The van der Waals surface area contributed by atoms with E-state index in [4.69, 9.17) is 9.47 Å². The van der Waals surface area contributed by atoms with Gasteiger partial charge in [-0.1, -0.05) is 55.3 Å². The summed E-state index contributed by atoms with van der Waals surface area (Å²) in [6.45, 7) is 2.01. The Kier molecular flexibility index (Phi) is 10.8. The van der Waals surface area contributed by atoms with Gasteiger partial charge < -0.3 is 19.3 Å². The molecule has 2 fully saturated rings. The van der Waals surface area contributed by atoms with E-state index in [2.05, 4.69) is 4.90 Å². The predicted octanol–water partition coefficient (Wildman–Crippen LogP) is 5.51. The number of methoxy groups -OCH3 is 1. The Hall–Kier alpha value is -3.35. The molecule has 0 spiro atoms. The maximum Gasteiger partial charge on any atom is 0.307 e. The lowest BCUT2D eigenvalue weighted by Crippen LogP contribution is -2.49. The Labute approximate surface area is 232 Å². The van der Waals surface area contributed by atoms with Gasteiger partial charge in [0.05, 0.1) is 13.5 Å². The van der Waals surface area contributed by atoms with Gasteiger partial charge in [0.25, 0.3) is 0 Å². The number of ether oxygens (including phenoxy) is 2. The molecule has 2 aromatic carbocycles. The Morgan fingerprint density at radius 3 is 2.38 bits per heavy atom. The number of carbonyl (C=O) groups excluding carboxylic acids is 3. The molecule has 2 amide bonds. The van der Waals surface area contributed by atoms with Crippen LogP contribution in [0.3, 0.4) is 0 Å². The lowest BCUT2D eigenvalue weighted by molar-refractivity contribution is -0.142. The van der Waals surface area contributed by atoms with Crippen molar-refractivity contribution in [2.24, 2.45) is 5.92 Å². The van der Waals surface area contributed by atoms with Crippen molar-refractivity contribution in [3.63, 3.8) is 0 Å². The second-order valence-corrected chi connectivity index (χ2v) is 10.8. The van der Waals surface area contributed by atoms with Gasteiger partial charge in [0.15, 0.2) is 0 Å². The highest BCUT2D eigenvalue weighted by Gasteiger charge is 2.35. The number of carbonyl (C=O) groups is 3. The van der Waals surface area contributed by atoms with Crippen LogP contribution in [-0.2, 0) is 32.3 Å². The van der Waals surface area contributed by atoms with Crippen molar-refractivity contribution < 1.29 is 23.9 Å². The summed E-state index contributed by atoms with van der Waals surface area (Å²) in [5.41, 5.74) is 2.05. The van der Waals surface area contributed by atoms with Crippen molar-refractivity contribution in [3.05, 3.63) is 65.7 Å². The Bertz CT molecular complexity index is 1070. The lowest BCUT2D eigenvalue weighted by atomic mass is 9.78. The van der Waals surface area contributed by atoms with Crippen molar-refractivity contribution in [1.82, 2.24) is 9.80 Å². The van der Waals surface area contributed by atoms with Crippen LogP contribution in [0.15, 0.2) is 54.6 Å². The van der Waals surface area contributed by atoms with Gasteiger partial charge in [-0.25, -0.2) is 0 Å².